The van der Waals surface area contributed by atoms with Gasteiger partial charge in [0.25, 0.3) is 0 Å². The molecular weight excluding hydrogens is 176 g/mol. The van der Waals surface area contributed by atoms with Gasteiger partial charge in [0.05, 0.1) is 6.04 Å². The van der Waals surface area contributed by atoms with Crippen molar-refractivity contribution in [2.24, 2.45) is 17.1 Å². The topological polar surface area (TPSA) is 55.1 Å². The van der Waals surface area contributed by atoms with Crippen LogP contribution in [0.4, 0.5) is 0 Å². The second-order valence-corrected chi connectivity index (χ2v) is 5.51. The highest BCUT2D eigenvalue weighted by Gasteiger charge is 2.17. The van der Waals surface area contributed by atoms with E-state index in [2.05, 4.69) is 39.9 Å². The lowest BCUT2D eigenvalue weighted by Gasteiger charge is -2.21. The number of hydrogen-bond acceptors (Lipinski definition) is 2. The Kier molecular flexibility index (Phi) is 5.13. The lowest BCUT2D eigenvalue weighted by molar-refractivity contribution is -0.123. The van der Waals surface area contributed by atoms with Gasteiger partial charge in [-0.3, -0.25) is 4.79 Å². The van der Waals surface area contributed by atoms with Crippen LogP contribution in [0.25, 0.3) is 0 Å². The van der Waals surface area contributed by atoms with Crippen molar-refractivity contribution in [3.05, 3.63) is 0 Å². The molecule has 14 heavy (non-hydrogen) atoms. The smallest absolute Gasteiger partial charge is 0.236 e. The van der Waals surface area contributed by atoms with Crippen LogP contribution in [0, 0.1) is 11.3 Å². The second kappa shape index (κ2) is 5.35. The van der Waals surface area contributed by atoms with Crippen molar-refractivity contribution in [2.45, 2.75) is 47.1 Å². The standard InChI is InChI=1S/C11H24N2O/c1-8(2)6-9(12)10(14)13-7-11(3,4)5/h8-9H,6-7,12H2,1-5H3,(H,13,14)/t9-/m1/s1. The molecule has 3 nitrogen and oxygen atoms in total. The normalized spacial score (nSPS) is 14.2. The summed E-state index contributed by atoms with van der Waals surface area (Å²) in [4.78, 5) is 11.5. The molecule has 84 valence electrons. The Morgan fingerprint density at radius 1 is 1.36 bits per heavy atom. The summed E-state index contributed by atoms with van der Waals surface area (Å²) in [6.45, 7) is 11.1. The van der Waals surface area contributed by atoms with Crippen molar-refractivity contribution in [1.29, 1.82) is 0 Å². The SMILES string of the molecule is CC(C)C[C@@H](N)C(=O)NCC(C)(C)C. The number of hydrogen-bond donors (Lipinski definition) is 2. The zero-order valence-electron chi connectivity index (χ0n) is 10.1. The van der Waals surface area contributed by atoms with Crippen molar-refractivity contribution < 1.29 is 4.79 Å². The zero-order valence-corrected chi connectivity index (χ0v) is 10.1. The van der Waals surface area contributed by atoms with Gasteiger partial charge in [0.1, 0.15) is 0 Å². The maximum atomic E-state index is 11.5. The van der Waals surface area contributed by atoms with Crippen molar-refractivity contribution in [3.63, 3.8) is 0 Å². The van der Waals surface area contributed by atoms with E-state index < -0.39 is 0 Å². The van der Waals surface area contributed by atoms with Gasteiger partial charge in [0.15, 0.2) is 0 Å². The lowest BCUT2D eigenvalue weighted by atomic mass is 9.96. The van der Waals surface area contributed by atoms with Crippen LogP contribution in [-0.4, -0.2) is 18.5 Å². The quantitative estimate of drug-likeness (QED) is 0.723. The maximum Gasteiger partial charge on any atom is 0.236 e. The highest BCUT2D eigenvalue weighted by Crippen LogP contribution is 2.10. The average molecular weight is 200 g/mol. The third-order valence-electron chi connectivity index (χ3n) is 1.86. The number of rotatable bonds is 4. The molecule has 0 saturated carbocycles. The molecule has 3 heteroatoms. The fourth-order valence-electron chi connectivity index (χ4n) is 1.10. The molecule has 0 saturated heterocycles. The Morgan fingerprint density at radius 2 is 1.86 bits per heavy atom. The van der Waals surface area contributed by atoms with Gasteiger partial charge < -0.3 is 11.1 Å². The maximum absolute atomic E-state index is 11.5. The molecule has 0 heterocycles. The Bertz CT molecular complexity index is 182. The van der Waals surface area contributed by atoms with Gasteiger partial charge in [0, 0.05) is 6.54 Å². The molecule has 0 aliphatic carbocycles. The van der Waals surface area contributed by atoms with Crippen LogP contribution in [0.2, 0.25) is 0 Å². The summed E-state index contributed by atoms with van der Waals surface area (Å²) in [5.74, 6) is 0.430. The molecule has 3 N–H and O–H groups in total. The predicted molar refractivity (Wildman–Crippen MR) is 59.9 cm³/mol. The number of carbonyl (C=O) groups excluding carboxylic acids is 1. The summed E-state index contributed by atoms with van der Waals surface area (Å²) in [7, 11) is 0. The average Bonchev–Trinajstić information content (AvgIpc) is 1.97. The summed E-state index contributed by atoms with van der Waals surface area (Å²) in [6, 6.07) is -0.364. The van der Waals surface area contributed by atoms with Crippen LogP contribution in [-0.2, 0) is 4.79 Å². The first-order valence-electron chi connectivity index (χ1n) is 5.25. The molecular formula is C11H24N2O. The van der Waals surface area contributed by atoms with E-state index in [4.69, 9.17) is 5.73 Å². The fourth-order valence-corrected chi connectivity index (χ4v) is 1.10. The summed E-state index contributed by atoms with van der Waals surface area (Å²) in [5, 5.41) is 2.86. The molecule has 0 aromatic rings. The largest absolute Gasteiger partial charge is 0.354 e. The fraction of sp³-hybridized carbons (Fsp3) is 0.909. The van der Waals surface area contributed by atoms with Crippen molar-refractivity contribution >= 4 is 5.91 Å². The molecule has 0 radical (unpaired) electrons. The molecule has 0 bridgehead atoms. The first-order valence-corrected chi connectivity index (χ1v) is 5.25. The van der Waals surface area contributed by atoms with Crippen LogP contribution in [0.1, 0.15) is 41.0 Å². The summed E-state index contributed by atoms with van der Waals surface area (Å²) < 4.78 is 0. The Morgan fingerprint density at radius 3 is 2.21 bits per heavy atom. The molecule has 0 aromatic carbocycles. The van der Waals surface area contributed by atoms with Gasteiger partial charge in [-0.05, 0) is 17.8 Å². The molecule has 0 unspecified atom stereocenters. The molecule has 1 atom stereocenters. The van der Waals surface area contributed by atoms with Gasteiger partial charge in [-0.2, -0.15) is 0 Å². The van der Waals surface area contributed by atoms with E-state index in [0.29, 0.717) is 12.5 Å². The van der Waals surface area contributed by atoms with Gasteiger partial charge in [-0.15, -0.1) is 0 Å². The van der Waals surface area contributed by atoms with E-state index in [0.717, 1.165) is 6.42 Å². The second-order valence-electron chi connectivity index (χ2n) is 5.51. The van der Waals surface area contributed by atoms with E-state index in [9.17, 15) is 4.79 Å². The first kappa shape index (κ1) is 13.4. The molecule has 0 fully saturated rings. The molecule has 0 aromatic heterocycles. The molecule has 0 aliphatic rings. The van der Waals surface area contributed by atoms with Crippen LogP contribution < -0.4 is 11.1 Å². The number of amides is 1. The highest BCUT2D eigenvalue weighted by molar-refractivity contribution is 5.81. The van der Waals surface area contributed by atoms with E-state index in [1.165, 1.54) is 0 Å². The van der Waals surface area contributed by atoms with Crippen molar-refractivity contribution in [2.75, 3.05) is 6.54 Å². The summed E-state index contributed by atoms with van der Waals surface area (Å²) >= 11 is 0. The number of nitrogens with one attached hydrogen (secondary N) is 1. The summed E-state index contributed by atoms with van der Waals surface area (Å²) in [6.07, 6.45) is 0.746. The van der Waals surface area contributed by atoms with Crippen LogP contribution in [0.5, 0.6) is 0 Å². The Hall–Kier alpha value is -0.570. The Balaban J connectivity index is 3.85. The minimum Gasteiger partial charge on any atom is -0.354 e. The van der Waals surface area contributed by atoms with E-state index in [1.54, 1.807) is 0 Å². The molecule has 0 spiro atoms. The van der Waals surface area contributed by atoms with Gasteiger partial charge >= 0.3 is 0 Å². The predicted octanol–water partition coefficient (Wildman–Crippen LogP) is 1.52. The first-order chi connectivity index (χ1) is 6.22. The summed E-state index contributed by atoms with van der Waals surface area (Å²) in [5.41, 5.74) is 5.85. The van der Waals surface area contributed by atoms with Crippen molar-refractivity contribution in [3.8, 4) is 0 Å². The van der Waals surface area contributed by atoms with E-state index in [-0.39, 0.29) is 17.4 Å². The third-order valence-corrected chi connectivity index (χ3v) is 1.86. The zero-order chi connectivity index (χ0) is 11.4. The van der Waals surface area contributed by atoms with Gasteiger partial charge in [0.2, 0.25) is 5.91 Å². The highest BCUT2D eigenvalue weighted by atomic mass is 16.2. The minimum atomic E-state index is -0.364. The number of carbonyl (C=O) groups is 1. The van der Waals surface area contributed by atoms with Crippen molar-refractivity contribution in [1.82, 2.24) is 5.32 Å². The monoisotopic (exact) mass is 200 g/mol. The molecule has 1 amide bonds. The lowest BCUT2D eigenvalue weighted by Crippen LogP contribution is -2.44. The van der Waals surface area contributed by atoms with E-state index >= 15 is 0 Å². The van der Waals surface area contributed by atoms with Gasteiger partial charge in [-0.1, -0.05) is 34.6 Å². The van der Waals surface area contributed by atoms with Crippen LogP contribution in [0.3, 0.4) is 0 Å². The minimum absolute atomic E-state index is 0.0337. The molecule has 0 rings (SSSR count). The molecule has 0 aliphatic heterocycles. The van der Waals surface area contributed by atoms with Gasteiger partial charge in [-0.25, -0.2) is 0 Å². The van der Waals surface area contributed by atoms with Crippen LogP contribution >= 0.6 is 0 Å². The third kappa shape index (κ3) is 6.89. The van der Waals surface area contributed by atoms with Crippen LogP contribution in [0.15, 0.2) is 0 Å². The number of nitrogens with two attached hydrogens (primary N) is 1. The van der Waals surface area contributed by atoms with E-state index in [1.807, 2.05) is 0 Å². The Labute approximate surface area is 87.4 Å².